The normalized spacial score (nSPS) is 21.9. The van der Waals surface area contributed by atoms with Crippen LogP contribution in [0.15, 0.2) is 24.4 Å². The van der Waals surface area contributed by atoms with Crippen LogP contribution in [0.3, 0.4) is 0 Å². The lowest BCUT2D eigenvalue weighted by Gasteiger charge is -2.22. The molecule has 0 bridgehead atoms. The maximum Gasteiger partial charge on any atom is 0.125 e. The molecule has 14 heavy (non-hydrogen) atoms. The lowest BCUT2D eigenvalue weighted by Crippen LogP contribution is -2.33. The van der Waals surface area contributed by atoms with Crippen molar-refractivity contribution in [2.24, 2.45) is 5.92 Å². The van der Waals surface area contributed by atoms with Gasteiger partial charge in [0.25, 0.3) is 0 Å². The van der Waals surface area contributed by atoms with Gasteiger partial charge in [0.05, 0.1) is 0 Å². The Morgan fingerprint density at radius 3 is 3.21 bits per heavy atom. The minimum Gasteiger partial charge on any atom is -0.370 e. The van der Waals surface area contributed by atoms with Crippen LogP contribution in [0.1, 0.15) is 12.8 Å². The number of pyridine rings is 1. The van der Waals surface area contributed by atoms with E-state index < -0.39 is 0 Å². The summed E-state index contributed by atoms with van der Waals surface area (Å²) in [6, 6.07) is 5.96. The zero-order valence-electron chi connectivity index (χ0n) is 8.37. The first-order chi connectivity index (χ1) is 6.95. The monoisotopic (exact) mass is 191 g/mol. The zero-order valence-corrected chi connectivity index (χ0v) is 8.37. The van der Waals surface area contributed by atoms with Crippen molar-refractivity contribution in [1.29, 1.82) is 0 Å². The molecule has 2 rings (SSSR count). The van der Waals surface area contributed by atoms with Gasteiger partial charge in [-0.1, -0.05) is 6.07 Å². The number of rotatable bonds is 3. The summed E-state index contributed by atoms with van der Waals surface area (Å²) in [6.07, 6.45) is 4.45. The summed E-state index contributed by atoms with van der Waals surface area (Å²) in [6.45, 7) is 3.35. The maximum atomic E-state index is 4.23. The lowest BCUT2D eigenvalue weighted by atomic mass is 10.00. The van der Waals surface area contributed by atoms with Crippen molar-refractivity contribution in [3.05, 3.63) is 24.4 Å². The molecule has 0 unspecified atom stereocenters. The number of nitrogens with zero attached hydrogens (tertiary/aromatic N) is 1. The number of nitrogens with one attached hydrogen (secondary N) is 2. The van der Waals surface area contributed by atoms with Crippen LogP contribution in [0.25, 0.3) is 0 Å². The van der Waals surface area contributed by atoms with E-state index in [0.29, 0.717) is 0 Å². The van der Waals surface area contributed by atoms with E-state index in [2.05, 4.69) is 15.6 Å². The summed E-state index contributed by atoms with van der Waals surface area (Å²) in [4.78, 5) is 4.23. The van der Waals surface area contributed by atoms with Gasteiger partial charge in [0, 0.05) is 12.7 Å². The number of hydrogen-bond acceptors (Lipinski definition) is 3. The van der Waals surface area contributed by atoms with E-state index in [-0.39, 0.29) is 0 Å². The number of hydrogen-bond donors (Lipinski definition) is 2. The Morgan fingerprint density at radius 1 is 1.50 bits per heavy atom. The highest BCUT2D eigenvalue weighted by Crippen LogP contribution is 2.10. The lowest BCUT2D eigenvalue weighted by molar-refractivity contribution is 0.392. The predicted octanol–water partition coefficient (Wildman–Crippen LogP) is 1.49. The molecule has 1 aromatic rings. The summed E-state index contributed by atoms with van der Waals surface area (Å²) < 4.78 is 0. The van der Waals surface area contributed by atoms with Gasteiger partial charge in [-0.15, -0.1) is 0 Å². The quantitative estimate of drug-likeness (QED) is 0.760. The van der Waals surface area contributed by atoms with Crippen LogP contribution >= 0.6 is 0 Å². The summed E-state index contributed by atoms with van der Waals surface area (Å²) >= 11 is 0. The summed E-state index contributed by atoms with van der Waals surface area (Å²) in [5.74, 6) is 1.74. The third kappa shape index (κ3) is 2.70. The van der Waals surface area contributed by atoms with E-state index in [1.807, 2.05) is 24.4 Å². The largest absolute Gasteiger partial charge is 0.370 e. The molecule has 0 spiro atoms. The van der Waals surface area contributed by atoms with E-state index in [4.69, 9.17) is 0 Å². The van der Waals surface area contributed by atoms with Gasteiger partial charge in [-0.05, 0) is 44.0 Å². The summed E-state index contributed by atoms with van der Waals surface area (Å²) in [5, 5.41) is 6.77. The third-order valence-electron chi connectivity index (χ3n) is 2.64. The van der Waals surface area contributed by atoms with Crippen molar-refractivity contribution in [1.82, 2.24) is 10.3 Å². The van der Waals surface area contributed by atoms with Gasteiger partial charge in [0.15, 0.2) is 0 Å². The topological polar surface area (TPSA) is 37.0 Å². The van der Waals surface area contributed by atoms with Crippen LogP contribution in [0.2, 0.25) is 0 Å². The fourth-order valence-corrected chi connectivity index (χ4v) is 1.81. The van der Waals surface area contributed by atoms with Gasteiger partial charge in [0.2, 0.25) is 0 Å². The molecule has 1 aliphatic heterocycles. The Morgan fingerprint density at radius 2 is 2.50 bits per heavy atom. The molecular formula is C11H17N3. The Kier molecular flexibility index (Phi) is 3.35. The van der Waals surface area contributed by atoms with Gasteiger partial charge in [-0.3, -0.25) is 0 Å². The molecule has 2 N–H and O–H groups in total. The molecule has 1 saturated heterocycles. The standard InChI is InChI=1S/C11H17N3/c1-2-7-13-11(5-1)14-9-10-4-3-6-12-8-10/h1-2,5,7,10,12H,3-4,6,8-9H2,(H,13,14)/t10-/m0/s1. The molecule has 0 aromatic carbocycles. The molecule has 1 aromatic heterocycles. The second-order valence-electron chi connectivity index (χ2n) is 3.81. The van der Waals surface area contributed by atoms with Gasteiger partial charge < -0.3 is 10.6 Å². The number of anilines is 1. The van der Waals surface area contributed by atoms with Crippen LogP contribution in [0.4, 0.5) is 5.82 Å². The molecule has 1 aliphatic rings. The molecular weight excluding hydrogens is 174 g/mol. The zero-order chi connectivity index (χ0) is 9.64. The second-order valence-corrected chi connectivity index (χ2v) is 3.81. The van der Waals surface area contributed by atoms with Gasteiger partial charge in [0.1, 0.15) is 5.82 Å². The highest BCUT2D eigenvalue weighted by molar-refractivity contribution is 5.32. The van der Waals surface area contributed by atoms with E-state index >= 15 is 0 Å². The first-order valence-corrected chi connectivity index (χ1v) is 5.31. The fourth-order valence-electron chi connectivity index (χ4n) is 1.81. The number of piperidine rings is 1. The minimum atomic E-state index is 0.755. The van der Waals surface area contributed by atoms with Crippen LogP contribution in [-0.2, 0) is 0 Å². The van der Waals surface area contributed by atoms with Gasteiger partial charge in [-0.25, -0.2) is 4.98 Å². The first kappa shape index (κ1) is 9.46. The molecule has 76 valence electrons. The van der Waals surface area contributed by atoms with Crippen LogP contribution < -0.4 is 10.6 Å². The van der Waals surface area contributed by atoms with E-state index in [0.717, 1.165) is 24.8 Å². The van der Waals surface area contributed by atoms with Crippen molar-refractivity contribution in [2.45, 2.75) is 12.8 Å². The molecule has 3 heteroatoms. The maximum absolute atomic E-state index is 4.23. The molecule has 1 atom stereocenters. The molecule has 0 aliphatic carbocycles. The molecule has 3 nitrogen and oxygen atoms in total. The van der Waals surface area contributed by atoms with Gasteiger partial charge in [-0.2, -0.15) is 0 Å². The molecule has 1 fully saturated rings. The van der Waals surface area contributed by atoms with Crippen molar-refractivity contribution < 1.29 is 0 Å². The molecule has 0 radical (unpaired) electrons. The first-order valence-electron chi connectivity index (χ1n) is 5.31. The van der Waals surface area contributed by atoms with E-state index in [1.54, 1.807) is 0 Å². The van der Waals surface area contributed by atoms with Gasteiger partial charge >= 0.3 is 0 Å². The van der Waals surface area contributed by atoms with E-state index in [9.17, 15) is 0 Å². The smallest absolute Gasteiger partial charge is 0.125 e. The fraction of sp³-hybridized carbons (Fsp3) is 0.545. The number of aromatic nitrogens is 1. The third-order valence-corrected chi connectivity index (χ3v) is 2.64. The average molecular weight is 191 g/mol. The minimum absolute atomic E-state index is 0.755. The Labute approximate surface area is 84.9 Å². The molecule has 2 heterocycles. The molecule has 0 saturated carbocycles. The van der Waals surface area contributed by atoms with Crippen LogP contribution in [0.5, 0.6) is 0 Å². The second kappa shape index (κ2) is 4.96. The van der Waals surface area contributed by atoms with Crippen LogP contribution in [-0.4, -0.2) is 24.6 Å². The SMILES string of the molecule is c1ccc(NC[C@H]2CCCNC2)nc1. The van der Waals surface area contributed by atoms with Crippen LogP contribution in [0, 0.1) is 5.92 Å². The predicted molar refractivity (Wildman–Crippen MR) is 58.3 cm³/mol. The summed E-state index contributed by atoms with van der Waals surface area (Å²) in [5.41, 5.74) is 0. The Balaban J connectivity index is 1.76. The van der Waals surface area contributed by atoms with Crippen molar-refractivity contribution in [2.75, 3.05) is 25.0 Å². The highest BCUT2D eigenvalue weighted by atomic mass is 15.0. The average Bonchev–Trinajstić information content (AvgIpc) is 2.29. The molecule has 0 amide bonds. The van der Waals surface area contributed by atoms with Crippen molar-refractivity contribution in [3.8, 4) is 0 Å². The summed E-state index contributed by atoms with van der Waals surface area (Å²) in [7, 11) is 0. The highest BCUT2D eigenvalue weighted by Gasteiger charge is 2.12. The van der Waals surface area contributed by atoms with Crippen molar-refractivity contribution >= 4 is 5.82 Å². The Hall–Kier alpha value is -1.09. The Bertz CT molecular complexity index is 254. The van der Waals surface area contributed by atoms with E-state index in [1.165, 1.54) is 19.4 Å². The van der Waals surface area contributed by atoms with Crippen molar-refractivity contribution in [3.63, 3.8) is 0 Å².